The van der Waals surface area contributed by atoms with Crippen molar-refractivity contribution in [2.45, 2.75) is 11.4 Å². The number of benzene rings is 2. The average molecular weight is 294 g/mol. The highest BCUT2D eigenvalue weighted by molar-refractivity contribution is 7.89. The molecule has 0 unspecified atom stereocenters. The molecule has 2 rings (SSSR count). The van der Waals surface area contributed by atoms with Crippen LogP contribution in [0.4, 0.5) is 10.1 Å². The molecule has 106 valence electrons. The van der Waals surface area contributed by atoms with Gasteiger partial charge in [0, 0.05) is 12.1 Å². The van der Waals surface area contributed by atoms with Crippen molar-refractivity contribution in [3.8, 4) is 0 Å². The highest BCUT2D eigenvalue weighted by Gasteiger charge is 2.15. The number of anilines is 1. The van der Waals surface area contributed by atoms with Crippen LogP contribution >= 0.6 is 0 Å². The first-order valence-corrected chi connectivity index (χ1v) is 7.53. The summed E-state index contributed by atoms with van der Waals surface area (Å²) in [6.45, 7) is 0.211. The van der Waals surface area contributed by atoms with Crippen molar-refractivity contribution < 1.29 is 12.8 Å². The lowest BCUT2D eigenvalue weighted by Gasteiger charge is -2.12. The molecule has 0 radical (unpaired) electrons. The van der Waals surface area contributed by atoms with Crippen molar-refractivity contribution in [1.29, 1.82) is 0 Å². The lowest BCUT2D eigenvalue weighted by atomic mass is 10.2. The molecule has 0 bridgehead atoms. The third-order valence-electron chi connectivity index (χ3n) is 2.87. The van der Waals surface area contributed by atoms with Crippen molar-refractivity contribution in [2.75, 3.05) is 12.4 Å². The van der Waals surface area contributed by atoms with Crippen molar-refractivity contribution in [3.05, 3.63) is 59.9 Å². The lowest BCUT2D eigenvalue weighted by Crippen LogP contribution is -2.20. The van der Waals surface area contributed by atoms with Gasteiger partial charge in [0.25, 0.3) is 0 Å². The summed E-state index contributed by atoms with van der Waals surface area (Å²) < 4.78 is 39.5. The van der Waals surface area contributed by atoms with Gasteiger partial charge in [0.2, 0.25) is 10.0 Å². The Bertz CT molecular complexity index is 702. The highest BCUT2D eigenvalue weighted by Crippen LogP contribution is 2.21. The SMILES string of the molecule is CNS(=O)(=O)c1ccccc1NCc1ccccc1F. The number of para-hydroxylation sites is 1. The summed E-state index contributed by atoms with van der Waals surface area (Å²) in [7, 11) is -2.20. The van der Waals surface area contributed by atoms with E-state index in [1.807, 2.05) is 0 Å². The molecule has 0 aliphatic rings. The van der Waals surface area contributed by atoms with Crippen molar-refractivity contribution in [2.24, 2.45) is 0 Å². The van der Waals surface area contributed by atoms with E-state index in [4.69, 9.17) is 0 Å². The third kappa shape index (κ3) is 3.15. The van der Waals surface area contributed by atoms with Crippen LogP contribution in [0.3, 0.4) is 0 Å². The van der Waals surface area contributed by atoms with Crippen LogP contribution in [0, 0.1) is 5.82 Å². The Morgan fingerprint density at radius 2 is 1.70 bits per heavy atom. The number of hydrogen-bond donors (Lipinski definition) is 2. The van der Waals surface area contributed by atoms with Gasteiger partial charge in [0.1, 0.15) is 10.7 Å². The van der Waals surface area contributed by atoms with Crippen LogP contribution in [0.5, 0.6) is 0 Å². The number of nitrogens with one attached hydrogen (secondary N) is 2. The van der Waals surface area contributed by atoms with E-state index in [0.717, 1.165) is 0 Å². The van der Waals surface area contributed by atoms with Crippen LogP contribution in [0.1, 0.15) is 5.56 Å². The van der Waals surface area contributed by atoms with E-state index in [-0.39, 0.29) is 17.3 Å². The second-order valence-corrected chi connectivity index (χ2v) is 6.00. The molecule has 0 heterocycles. The number of sulfonamides is 1. The fourth-order valence-electron chi connectivity index (χ4n) is 1.79. The minimum atomic E-state index is -3.55. The molecule has 0 saturated heterocycles. The molecule has 0 saturated carbocycles. The van der Waals surface area contributed by atoms with Crippen molar-refractivity contribution in [3.63, 3.8) is 0 Å². The Kier molecular flexibility index (Phi) is 4.36. The normalized spacial score (nSPS) is 11.3. The van der Waals surface area contributed by atoms with E-state index in [9.17, 15) is 12.8 Å². The second kappa shape index (κ2) is 6.02. The lowest BCUT2D eigenvalue weighted by molar-refractivity contribution is 0.588. The van der Waals surface area contributed by atoms with E-state index in [1.165, 1.54) is 19.2 Å². The maximum absolute atomic E-state index is 13.5. The van der Waals surface area contributed by atoms with Gasteiger partial charge in [-0.05, 0) is 25.2 Å². The van der Waals surface area contributed by atoms with Gasteiger partial charge in [-0.3, -0.25) is 0 Å². The Balaban J connectivity index is 2.25. The summed E-state index contributed by atoms with van der Waals surface area (Å²) >= 11 is 0. The minimum absolute atomic E-state index is 0.138. The van der Waals surface area contributed by atoms with Gasteiger partial charge in [0.15, 0.2) is 0 Å². The molecule has 2 aromatic carbocycles. The number of rotatable bonds is 5. The Hall–Kier alpha value is -1.92. The Morgan fingerprint density at radius 1 is 1.05 bits per heavy atom. The third-order valence-corrected chi connectivity index (χ3v) is 4.34. The molecule has 4 nitrogen and oxygen atoms in total. The van der Waals surface area contributed by atoms with Gasteiger partial charge >= 0.3 is 0 Å². The topological polar surface area (TPSA) is 58.2 Å². The molecular weight excluding hydrogens is 279 g/mol. The van der Waals surface area contributed by atoms with Gasteiger partial charge in [0.05, 0.1) is 5.69 Å². The second-order valence-electron chi connectivity index (χ2n) is 4.15. The van der Waals surface area contributed by atoms with Crippen LogP contribution in [0.2, 0.25) is 0 Å². The molecule has 6 heteroatoms. The molecule has 0 aromatic heterocycles. The fourth-order valence-corrected chi connectivity index (χ4v) is 2.70. The predicted molar refractivity (Wildman–Crippen MR) is 76.4 cm³/mol. The van der Waals surface area contributed by atoms with Crippen molar-refractivity contribution in [1.82, 2.24) is 4.72 Å². The van der Waals surface area contributed by atoms with Crippen LogP contribution in [-0.4, -0.2) is 15.5 Å². The first-order valence-electron chi connectivity index (χ1n) is 6.04. The molecule has 0 spiro atoms. The smallest absolute Gasteiger partial charge is 0.242 e. The first-order chi connectivity index (χ1) is 9.54. The van der Waals surface area contributed by atoms with E-state index >= 15 is 0 Å². The van der Waals surface area contributed by atoms with Crippen LogP contribution in [0.15, 0.2) is 53.4 Å². The first kappa shape index (κ1) is 14.5. The Morgan fingerprint density at radius 3 is 2.40 bits per heavy atom. The van der Waals surface area contributed by atoms with Crippen LogP contribution in [0.25, 0.3) is 0 Å². The van der Waals surface area contributed by atoms with E-state index in [2.05, 4.69) is 10.0 Å². The standard InChI is InChI=1S/C14H15FN2O2S/c1-16-20(18,19)14-9-5-4-8-13(14)17-10-11-6-2-3-7-12(11)15/h2-9,16-17H,10H2,1H3. The zero-order chi connectivity index (χ0) is 14.6. The molecule has 2 N–H and O–H groups in total. The van der Waals surface area contributed by atoms with E-state index < -0.39 is 10.0 Å². The molecular formula is C14H15FN2O2S. The van der Waals surface area contributed by atoms with Gasteiger partial charge in [-0.1, -0.05) is 30.3 Å². The minimum Gasteiger partial charge on any atom is -0.380 e. The summed E-state index contributed by atoms with van der Waals surface area (Å²) in [6, 6.07) is 12.9. The molecule has 2 aromatic rings. The van der Waals surface area contributed by atoms with E-state index in [0.29, 0.717) is 11.3 Å². The monoisotopic (exact) mass is 294 g/mol. The molecule has 0 amide bonds. The Labute approximate surface area is 117 Å². The fraction of sp³-hybridized carbons (Fsp3) is 0.143. The molecule has 20 heavy (non-hydrogen) atoms. The van der Waals surface area contributed by atoms with Gasteiger partial charge in [-0.15, -0.1) is 0 Å². The number of hydrogen-bond acceptors (Lipinski definition) is 3. The maximum Gasteiger partial charge on any atom is 0.242 e. The van der Waals surface area contributed by atoms with Gasteiger partial charge < -0.3 is 5.32 Å². The van der Waals surface area contributed by atoms with Crippen molar-refractivity contribution >= 4 is 15.7 Å². The number of halogens is 1. The molecule has 0 aliphatic heterocycles. The zero-order valence-corrected chi connectivity index (χ0v) is 11.7. The zero-order valence-electron chi connectivity index (χ0n) is 10.9. The highest BCUT2D eigenvalue weighted by atomic mass is 32.2. The largest absolute Gasteiger partial charge is 0.380 e. The predicted octanol–water partition coefficient (Wildman–Crippen LogP) is 2.35. The van der Waals surface area contributed by atoms with Gasteiger partial charge in [-0.25, -0.2) is 17.5 Å². The average Bonchev–Trinajstić information content (AvgIpc) is 2.47. The maximum atomic E-state index is 13.5. The van der Waals surface area contributed by atoms with Gasteiger partial charge in [-0.2, -0.15) is 0 Å². The molecule has 0 aliphatic carbocycles. The summed E-state index contributed by atoms with van der Waals surface area (Å²) in [5, 5.41) is 2.95. The quantitative estimate of drug-likeness (QED) is 0.890. The van der Waals surface area contributed by atoms with Crippen LogP contribution in [-0.2, 0) is 16.6 Å². The summed E-state index contributed by atoms with van der Waals surface area (Å²) in [6.07, 6.45) is 0. The summed E-state index contributed by atoms with van der Waals surface area (Å²) in [5.74, 6) is -0.325. The molecule has 0 atom stereocenters. The molecule has 0 fully saturated rings. The summed E-state index contributed by atoms with van der Waals surface area (Å²) in [4.78, 5) is 0.138. The van der Waals surface area contributed by atoms with E-state index in [1.54, 1.807) is 36.4 Å². The summed E-state index contributed by atoms with van der Waals surface area (Å²) in [5.41, 5.74) is 0.911. The van der Waals surface area contributed by atoms with Crippen LogP contribution < -0.4 is 10.0 Å².